The van der Waals surface area contributed by atoms with Crippen molar-refractivity contribution in [2.24, 2.45) is 0 Å². The number of hydrogen-bond donors (Lipinski definition) is 1. The topological polar surface area (TPSA) is 50.4 Å². The number of nitrogens with one attached hydrogen (secondary N) is 1. The largest absolute Gasteiger partial charge is 0.467 e. The van der Waals surface area contributed by atoms with E-state index in [1.807, 2.05) is 18.3 Å². The van der Waals surface area contributed by atoms with Gasteiger partial charge in [0.1, 0.15) is 11.6 Å². The third-order valence-corrected chi connectivity index (χ3v) is 4.71. The first-order valence-corrected chi connectivity index (χ1v) is 8.64. The third kappa shape index (κ3) is 3.41. The van der Waals surface area contributed by atoms with Crippen molar-refractivity contribution in [3.63, 3.8) is 0 Å². The molecule has 1 unspecified atom stereocenters. The second-order valence-corrected chi connectivity index (χ2v) is 6.41. The molecule has 5 nitrogen and oxygen atoms in total. The summed E-state index contributed by atoms with van der Waals surface area (Å²) in [4.78, 5) is 14.6. The van der Waals surface area contributed by atoms with Gasteiger partial charge in [-0.15, -0.1) is 0 Å². The van der Waals surface area contributed by atoms with Crippen molar-refractivity contribution in [1.82, 2.24) is 14.8 Å². The molecule has 6 heteroatoms. The van der Waals surface area contributed by atoms with Crippen LogP contribution in [0.2, 0.25) is 0 Å². The molecule has 134 valence electrons. The summed E-state index contributed by atoms with van der Waals surface area (Å²) in [5.74, 6) is 0.400. The molecule has 0 fully saturated rings. The molecule has 1 N–H and O–H groups in total. The van der Waals surface area contributed by atoms with Crippen LogP contribution < -0.4 is 5.32 Å². The second kappa shape index (κ2) is 7.17. The number of nitrogens with zero attached hydrogens (tertiary/aromatic N) is 2. The Morgan fingerprint density at radius 1 is 1.15 bits per heavy atom. The molecule has 1 aliphatic heterocycles. The van der Waals surface area contributed by atoms with Gasteiger partial charge in [-0.3, -0.25) is 9.69 Å². The van der Waals surface area contributed by atoms with Crippen molar-refractivity contribution in [2.45, 2.75) is 19.1 Å². The number of benzene rings is 1. The first kappa shape index (κ1) is 16.6. The molecular weight excluding hydrogens is 333 g/mol. The van der Waals surface area contributed by atoms with Gasteiger partial charge < -0.3 is 14.3 Å². The zero-order chi connectivity index (χ0) is 17.9. The highest BCUT2D eigenvalue weighted by atomic mass is 19.1. The molecule has 0 spiro atoms. The Bertz CT molecular complexity index is 871. The second-order valence-electron chi connectivity index (χ2n) is 6.41. The summed E-state index contributed by atoms with van der Waals surface area (Å²) in [6, 6.07) is 14.1. The Kier molecular flexibility index (Phi) is 4.58. The van der Waals surface area contributed by atoms with Gasteiger partial charge in [0.25, 0.3) is 0 Å². The van der Waals surface area contributed by atoms with Gasteiger partial charge in [0, 0.05) is 25.0 Å². The van der Waals surface area contributed by atoms with Crippen LogP contribution in [-0.4, -0.2) is 28.5 Å². The molecule has 4 rings (SSSR count). The number of fused-ring (bicyclic) bond motifs is 1. The van der Waals surface area contributed by atoms with E-state index in [4.69, 9.17) is 4.42 Å². The highest BCUT2D eigenvalue weighted by Gasteiger charge is 2.30. The van der Waals surface area contributed by atoms with E-state index in [-0.39, 0.29) is 24.3 Å². The molecule has 26 heavy (non-hydrogen) atoms. The van der Waals surface area contributed by atoms with Gasteiger partial charge in [-0.1, -0.05) is 12.1 Å². The molecule has 2 aromatic heterocycles. The van der Waals surface area contributed by atoms with Gasteiger partial charge >= 0.3 is 0 Å². The highest BCUT2D eigenvalue weighted by Crippen LogP contribution is 2.32. The van der Waals surface area contributed by atoms with E-state index in [1.165, 1.54) is 12.1 Å². The minimum Gasteiger partial charge on any atom is -0.467 e. The summed E-state index contributed by atoms with van der Waals surface area (Å²) in [5.41, 5.74) is 2.09. The third-order valence-electron chi connectivity index (χ3n) is 4.71. The summed E-state index contributed by atoms with van der Waals surface area (Å²) in [7, 11) is 0. The maximum atomic E-state index is 13.3. The standard InChI is InChI=1S/C20H20FN3O2/c21-16-7-5-15(6-8-16)20-18-4-1-9-23(18)10-11-24(20)14-19(25)22-13-17-3-2-12-26-17/h1-9,12,20H,10-11,13-14H2,(H,22,25). The van der Waals surface area contributed by atoms with E-state index in [2.05, 4.69) is 20.9 Å². The zero-order valence-electron chi connectivity index (χ0n) is 14.3. The first-order valence-electron chi connectivity index (χ1n) is 8.64. The van der Waals surface area contributed by atoms with Crippen LogP contribution in [0.3, 0.4) is 0 Å². The van der Waals surface area contributed by atoms with Gasteiger partial charge in [-0.2, -0.15) is 0 Å². The van der Waals surface area contributed by atoms with E-state index in [0.29, 0.717) is 6.54 Å². The fraction of sp³-hybridized carbons (Fsp3) is 0.250. The fourth-order valence-corrected chi connectivity index (χ4v) is 3.47. The monoisotopic (exact) mass is 353 g/mol. The van der Waals surface area contributed by atoms with Crippen molar-refractivity contribution in [3.05, 3.63) is 83.8 Å². The van der Waals surface area contributed by atoms with E-state index < -0.39 is 0 Å². The Labute approximate surface area is 151 Å². The van der Waals surface area contributed by atoms with Crippen molar-refractivity contribution in [1.29, 1.82) is 0 Å². The van der Waals surface area contributed by atoms with Crippen LogP contribution >= 0.6 is 0 Å². The summed E-state index contributed by atoms with van der Waals surface area (Å²) in [6.45, 7) is 2.22. The maximum Gasteiger partial charge on any atom is 0.234 e. The Hall–Kier alpha value is -2.86. The van der Waals surface area contributed by atoms with Crippen molar-refractivity contribution >= 4 is 5.91 Å². The highest BCUT2D eigenvalue weighted by molar-refractivity contribution is 5.78. The number of carbonyl (C=O) groups excluding carboxylic acids is 1. The van der Waals surface area contributed by atoms with Gasteiger partial charge in [0.15, 0.2) is 0 Å². The van der Waals surface area contributed by atoms with Gasteiger partial charge in [0.05, 0.1) is 25.4 Å². The molecule has 0 aliphatic carbocycles. The lowest BCUT2D eigenvalue weighted by atomic mass is 10.00. The number of carbonyl (C=O) groups is 1. The average molecular weight is 353 g/mol. The van der Waals surface area contributed by atoms with E-state index in [0.717, 1.165) is 30.1 Å². The van der Waals surface area contributed by atoms with Crippen LogP contribution in [0.25, 0.3) is 0 Å². The summed E-state index contributed by atoms with van der Waals surface area (Å²) in [5, 5.41) is 2.89. The molecule has 1 amide bonds. The Morgan fingerprint density at radius 2 is 2.00 bits per heavy atom. The van der Waals surface area contributed by atoms with Crippen LogP contribution in [-0.2, 0) is 17.9 Å². The molecule has 1 atom stereocenters. The van der Waals surface area contributed by atoms with Crippen LogP contribution in [0, 0.1) is 5.82 Å². The Morgan fingerprint density at radius 3 is 2.77 bits per heavy atom. The Balaban J connectivity index is 1.52. The van der Waals surface area contributed by atoms with E-state index >= 15 is 0 Å². The summed E-state index contributed by atoms with van der Waals surface area (Å²) >= 11 is 0. The summed E-state index contributed by atoms with van der Waals surface area (Å²) < 4.78 is 20.8. The van der Waals surface area contributed by atoms with Crippen LogP contribution in [0.15, 0.2) is 65.4 Å². The predicted molar refractivity (Wildman–Crippen MR) is 94.8 cm³/mol. The smallest absolute Gasteiger partial charge is 0.234 e. The molecule has 3 heterocycles. The fourth-order valence-electron chi connectivity index (χ4n) is 3.47. The minimum absolute atomic E-state index is 0.0616. The average Bonchev–Trinajstić information content (AvgIpc) is 3.32. The lowest BCUT2D eigenvalue weighted by molar-refractivity contribution is -0.123. The SMILES string of the molecule is O=C(CN1CCn2cccc2C1c1ccc(F)cc1)NCc1ccco1. The van der Waals surface area contributed by atoms with E-state index in [1.54, 1.807) is 24.5 Å². The van der Waals surface area contributed by atoms with Crippen molar-refractivity contribution in [3.8, 4) is 0 Å². The molecule has 0 radical (unpaired) electrons. The lowest BCUT2D eigenvalue weighted by Gasteiger charge is -2.36. The van der Waals surface area contributed by atoms with Crippen molar-refractivity contribution < 1.29 is 13.6 Å². The summed E-state index contributed by atoms with van der Waals surface area (Å²) in [6.07, 6.45) is 3.63. The van der Waals surface area contributed by atoms with Crippen molar-refractivity contribution in [2.75, 3.05) is 13.1 Å². The maximum absolute atomic E-state index is 13.3. The quantitative estimate of drug-likeness (QED) is 0.767. The number of amides is 1. The molecule has 1 aliphatic rings. The zero-order valence-corrected chi connectivity index (χ0v) is 14.3. The predicted octanol–water partition coefficient (Wildman–Crippen LogP) is 2.94. The molecule has 0 saturated heterocycles. The number of rotatable bonds is 5. The number of aromatic nitrogens is 1. The molecular formula is C20H20FN3O2. The molecule has 0 bridgehead atoms. The number of halogens is 1. The first-order chi connectivity index (χ1) is 12.7. The molecule has 0 saturated carbocycles. The minimum atomic E-state index is -0.261. The van der Waals surface area contributed by atoms with Gasteiger partial charge in [-0.25, -0.2) is 4.39 Å². The normalized spacial score (nSPS) is 17.0. The van der Waals surface area contributed by atoms with E-state index in [9.17, 15) is 9.18 Å². The molecule has 1 aromatic carbocycles. The lowest BCUT2D eigenvalue weighted by Crippen LogP contribution is -2.44. The van der Waals surface area contributed by atoms with Crippen LogP contribution in [0.5, 0.6) is 0 Å². The molecule has 3 aromatic rings. The number of furan rings is 1. The van der Waals surface area contributed by atoms with Crippen LogP contribution in [0.4, 0.5) is 4.39 Å². The van der Waals surface area contributed by atoms with Gasteiger partial charge in [-0.05, 0) is 42.0 Å². The van der Waals surface area contributed by atoms with Crippen LogP contribution in [0.1, 0.15) is 23.1 Å². The number of hydrogen-bond acceptors (Lipinski definition) is 3. The van der Waals surface area contributed by atoms with Gasteiger partial charge in [0.2, 0.25) is 5.91 Å².